The second-order valence-electron chi connectivity index (χ2n) is 7.73. The highest BCUT2D eigenvalue weighted by molar-refractivity contribution is 4.66. The van der Waals surface area contributed by atoms with Gasteiger partial charge in [-0.3, -0.25) is 0 Å². The maximum Gasteiger partial charge on any atom is -0.0391 e. The minimum absolute atomic E-state index is 0.884. The van der Waals surface area contributed by atoms with E-state index in [1.165, 1.54) is 83.5 Å². The quantitative estimate of drug-likeness (QED) is 0.268. The summed E-state index contributed by atoms with van der Waals surface area (Å²) in [6, 6.07) is 0. The summed E-state index contributed by atoms with van der Waals surface area (Å²) < 4.78 is 0. The van der Waals surface area contributed by atoms with Crippen LogP contribution in [0.3, 0.4) is 0 Å². The van der Waals surface area contributed by atoms with Gasteiger partial charge >= 0.3 is 0 Å². The van der Waals surface area contributed by atoms with Gasteiger partial charge in [-0.1, -0.05) is 118 Å². The van der Waals surface area contributed by atoms with Crippen molar-refractivity contribution in [2.24, 2.45) is 17.8 Å². The zero-order valence-electron chi connectivity index (χ0n) is 15.9. The molecule has 0 heterocycles. The van der Waals surface area contributed by atoms with Gasteiger partial charge in [-0.15, -0.1) is 0 Å². The third-order valence-corrected chi connectivity index (χ3v) is 5.20. The summed E-state index contributed by atoms with van der Waals surface area (Å²) in [6.45, 7) is 11.9. The summed E-state index contributed by atoms with van der Waals surface area (Å²) >= 11 is 0. The first kappa shape index (κ1) is 21.0. The normalized spacial score (nSPS) is 14.6. The zero-order valence-corrected chi connectivity index (χ0v) is 15.9. The smallest absolute Gasteiger partial charge is 0.0391 e. The van der Waals surface area contributed by atoms with Gasteiger partial charge in [0.2, 0.25) is 0 Å². The number of rotatable bonds is 15. The molecular formula is C21H44. The van der Waals surface area contributed by atoms with Crippen LogP contribution in [0.4, 0.5) is 0 Å². The van der Waals surface area contributed by atoms with E-state index in [0.717, 1.165) is 17.8 Å². The highest BCUT2D eigenvalue weighted by Crippen LogP contribution is 2.27. The van der Waals surface area contributed by atoms with Gasteiger partial charge in [0.25, 0.3) is 0 Å². The van der Waals surface area contributed by atoms with Gasteiger partial charge in [-0.25, -0.2) is 0 Å². The van der Waals surface area contributed by atoms with Crippen molar-refractivity contribution in [1.82, 2.24) is 0 Å². The van der Waals surface area contributed by atoms with Crippen molar-refractivity contribution in [2.45, 2.75) is 118 Å². The van der Waals surface area contributed by atoms with Gasteiger partial charge in [0.15, 0.2) is 0 Å². The number of hydrogen-bond acceptors (Lipinski definition) is 0. The van der Waals surface area contributed by atoms with Crippen LogP contribution >= 0.6 is 0 Å². The summed E-state index contributed by atoms with van der Waals surface area (Å²) in [4.78, 5) is 0. The van der Waals surface area contributed by atoms with Crippen LogP contribution in [-0.4, -0.2) is 0 Å². The van der Waals surface area contributed by atoms with Crippen molar-refractivity contribution in [3.8, 4) is 0 Å². The molecule has 0 saturated heterocycles. The first-order valence-corrected chi connectivity index (χ1v) is 10.1. The highest BCUT2D eigenvalue weighted by Gasteiger charge is 2.14. The van der Waals surface area contributed by atoms with Crippen molar-refractivity contribution in [3.05, 3.63) is 0 Å². The Morgan fingerprint density at radius 3 is 1.67 bits per heavy atom. The van der Waals surface area contributed by atoms with Gasteiger partial charge in [0.1, 0.15) is 0 Å². The van der Waals surface area contributed by atoms with E-state index < -0.39 is 0 Å². The van der Waals surface area contributed by atoms with Crippen molar-refractivity contribution in [3.63, 3.8) is 0 Å². The Hall–Kier alpha value is 0. The van der Waals surface area contributed by atoms with Crippen LogP contribution in [0, 0.1) is 17.8 Å². The zero-order chi connectivity index (χ0) is 15.9. The molecule has 0 aliphatic rings. The van der Waals surface area contributed by atoms with Gasteiger partial charge in [0, 0.05) is 0 Å². The molecular weight excluding hydrogens is 252 g/mol. The molecule has 0 amide bonds. The van der Waals surface area contributed by atoms with Crippen LogP contribution < -0.4 is 0 Å². The van der Waals surface area contributed by atoms with E-state index in [1.54, 1.807) is 0 Å². The fraction of sp³-hybridized carbons (Fsp3) is 1.00. The lowest BCUT2D eigenvalue weighted by atomic mass is 9.83. The molecule has 0 rings (SSSR count). The molecule has 128 valence electrons. The average molecular weight is 297 g/mol. The van der Waals surface area contributed by atoms with Gasteiger partial charge in [0.05, 0.1) is 0 Å². The van der Waals surface area contributed by atoms with E-state index in [1.807, 2.05) is 0 Å². The van der Waals surface area contributed by atoms with Crippen LogP contribution in [-0.2, 0) is 0 Å². The molecule has 0 aromatic rings. The Bertz CT molecular complexity index is 194. The molecule has 0 nitrogen and oxygen atoms in total. The topological polar surface area (TPSA) is 0 Å². The summed E-state index contributed by atoms with van der Waals surface area (Å²) in [5.74, 6) is 2.82. The molecule has 0 spiro atoms. The number of unbranched alkanes of at least 4 members (excludes halogenated alkanes) is 7. The highest BCUT2D eigenvalue weighted by atomic mass is 14.2. The lowest BCUT2D eigenvalue weighted by Gasteiger charge is -2.23. The van der Waals surface area contributed by atoms with Gasteiger partial charge in [-0.2, -0.15) is 0 Å². The maximum absolute atomic E-state index is 2.50. The first-order chi connectivity index (χ1) is 10.1. The molecule has 0 fully saturated rings. The van der Waals surface area contributed by atoms with Gasteiger partial charge in [-0.05, 0) is 17.8 Å². The van der Waals surface area contributed by atoms with Crippen molar-refractivity contribution in [1.29, 1.82) is 0 Å². The molecule has 0 aliphatic heterocycles. The molecule has 0 aromatic heterocycles. The Morgan fingerprint density at radius 2 is 1.10 bits per heavy atom. The lowest BCUT2D eigenvalue weighted by molar-refractivity contribution is 0.289. The largest absolute Gasteiger partial charge is 0.0654 e. The van der Waals surface area contributed by atoms with Crippen LogP contribution in [0.5, 0.6) is 0 Å². The molecule has 21 heavy (non-hydrogen) atoms. The summed E-state index contributed by atoms with van der Waals surface area (Å²) in [5.41, 5.74) is 0. The molecule has 0 radical (unpaired) electrons. The fourth-order valence-electron chi connectivity index (χ4n) is 3.51. The summed E-state index contributed by atoms with van der Waals surface area (Å²) in [6.07, 6.45) is 18.8. The Morgan fingerprint density at radius 1 is 0.571 bits per heavy atom. The molecule has 0 bridgehead atoms. The van der Waals surface area contributed by atoms with Crippen LogP contribution in [0.15, 0.2) is 0 Å². The van der Waals surface area contributed by atoms with Crippen LogP contribution in [0.25, 0.3) is 0 Å². The SMILES string of the molecule is CCCCCCCCCC(CC)C(C)CCCCC(C)C. The Balaban J connectivity index is 3.58. The molecule has 2 atom stereocenters. The Kier molecular flexibility index (Phi) is 14.9. The second-order valence-corrected chi connectivity index (χ2v) is 7.73. The molecule has 2 unspecified atom stereocenters. The van der Waals surface area contributed by atoms with Crippen molar-refractivity contribution in [2.75, 3.05) is 0 Å². The first-order valence-electron chi connectivity index (χ1n) is 10.1. The summed E-state index contributed by atoms with van der Waals surface area (Å²) in [5, 5.41) is 0. The molecule has 0 aromatic carbocycles. The minimum Gasteiger partial charge on any atom is -0.0654 e. The third-order valence-electron chi connectivity index (χ3n) is 5.20. The van der Waals surface area contributed by atoms with Crippen LogP contribution in [0.1, 0.15) is 118 Å². The second kappa shape index (κ2) is 14.9. The third kappa shape index (κ3) is 13.4. The van der Waals surface area contributed by atoms with E-state index in [4.69, 9.17) is 0 Å². The molecule has 0 heteroatoms. The monoisotopic (exact) mass is 296 g/mol. The number of hydrogen-bond donors (Lipinski definition) is 0. The lowest BCUT2D eigenvalue weighted by Crippen LogP contribution is -2.11. The molecule has 0 aliphatic carbocycles. The van der Waals surface area contributed by atoms with Crippen molar-refractivity contribution < 1.29 is 0 Å². The summed E-state index contributed by atoms with van der Waals surface area (Å²) in [7, 11) is 0. The molecule has 0 saturated carbocycles. The van der Waals surface area contributed by atoms with E-state index in [9.17, 15) is 0 Å². The fourth-order valence-corrected chi connectivity index (χ4v) is 3.51. The average Bonchev–Trinajstić information content (AvgIpc) is 2.46. The minimum atomic E-state index is 0.884. The van der Waals surface area contributed by atoms with E-state index in [2.05, 4.69) is 34.6 Å². The Labute approximate surface area is 136 Å². The van der Waals surface area contributed by atoms with Gasteiger partial charge < -0.3 is 0 Å². The van der Waals surface area contributed by atoms with Crippen molar-refractivity contribution >= 4 is 0 Å². The maximum atomic E-state index is 2.50. The standard InChI is InChI=1S/C21H44/c1-6-8-9-10-11-12-13-18-21(7-2)20(5)17-15-14-16-19(3)4/h19-21H,6-18H2,1-5H3. The predicted molar refractivity (Wildman–Crippen MR) is 98.9 cm³/mol. The van der Waals surface area contributed by atoms with E-state index in [0.29, 0.717) is 0 Å². The van der Waals surface area contributed by atoms with Crippen LogP contribution in [0.2, 0.25) is 0 Å². The molecule has 0 N–H and O–H groups in total. The predicted octanol–water partition coefficient (Wildman–Crippen LogP) is 8.01. The van der Waals surface area contributed by atoms with E-state index >= 15 is 0 Å². The van der Waals surface area contributed by atoms with E-state index in [-0.39, 0.29) is 0 Å².